The molecule has 2 aliphatic rings. The molecule has 1 N–H and O–H groups in total. The van der Waals surface area contributed by atoms with E-state index in [0.717, 1.165) is 36.3 Å². The summed E-state index contributed by atoms with van der Waals surface area (Å²) in [5, 5.41) is 10.1. The number of carbonyl (C=O) groups excluding carboxylic acids is 2. The summed E-state index contributed by atoms with van der Waals surface area (Å²) in [6, 6.07) is 6.10. The van der Waals surface area contributed by atoms with Crippen molar-refractivity contribution in [1.29, 1.82) is 0 Å². The molecule has 2 aromatic rings. The van der Waals surface area contributed by atoms with Crippen LogP contribution < -0.4 is 5.32 Å². The number of amides is 2. The maximum atomic E-state index is 13.7. The first-order valence-electron chi connectivity index (χ1n) is 11.9. The normalized spacial score (nSPS) is 22.9. The number of hydrogen-bond acceptors (Lipinski definition) is 4. The van der Waals surface area contributed by atoms with Gasteiger partial charge in [-0.3, -0.25) is 14.3 Å². The fourth-order valence-electron chi connectivity index (χ4n) is 4.76. The number of aromatic nitrogens is 2. The van der Waals surface area contributed by atoms with Gasteiger partial charge in [0.15, 0.2) is 0 Å². The highest BCUT2D eigenvalue weighted by Gasteiger charge is 2.48. The molecule has 6 nitrogen and oxygen atoms in total. The number of hydrogen-bond donors (Lipinski definition) is 1. The molecule has 1 aliphatic heterocycles. The Morgan fingerprint density at radius 3 is 2.53 bits per heavy atom. The monoisotopic (exact) mass is 456 g/mol. The molecule has 0 unspecified atom stereocenters. The van der Waals surface area contributed by atoms with E-state index in [1.54, 1.807) is 20.9 Å². The summed E-state index contributed by atoms with van der Waals surface area (Å²) in [5.74, 6) is -0.186. The summed E-state index contributed by atoms with van der Waals surface area (Å²) in [4.78, 5) is 30.3. The van der Waals surface area contributed by atoms with Gasteiger partial charge in [0.1, 0.15) is 11.2 Å². The molecule has 0 bridgehead atoms. The van der Waals surface area contributed by atoms with Gasteiger partial charge in [-0.1, -0.05) is 58.9 Å². The molecule has 2 amide bonds. The van der Waals surface area contributed by atoms with Crippen LogP contribution in [0.25, 0.3) is 0 Å². The SMILES string of the molecule is CC(C)(C)c1cc2n(n1)C[C@](C)(C(=O)NC1CCCCCCC1)N(Cc1cccs1)C2=O. The van der Waals surface area contributed by atoms with Gasteiger partial charge >= 0.3 is 0 Å². The van der Waals surface area contributed by atoms with Crippen LogP contribution in [0.1, 0.15) is 93.7 Å². The Kier molecular flexibility index (Phi) is 6.48. The molecule has 7 heteroatoms. The third-order valence-electron chi connectivity index (χ3n) is 6.89. The van der Waals surface area contributed by atoms with Gasteiger partial charge in [0.05, 0.1) is 18.8 Å². The maximum absolute atomic E-state index is 13.7. The molecule has 3 heterocycles. The zero-order chi connectivity index (χ0) is 22.9. The fourth-order valence-corrected chi connectivity index (χ4v) is 5.45. The van der Waals surface area contributed by atoms with E-state index in [9.17, 15) is 9.59 Å². The molecular formula is C25H36N4O2S. The quantitative estimate of drug-likeness (QED) is 0.713. The predicted molar refractivity (Wildman–Crippen MR) is 128 cm³/mol. The van der Waals surface area contributed by atoms with Gasteiger partial charge < -0.3 is 10.2 Å². The van der Waals surface area contributed by atoms with Crippen molar-refractivity contribution in [3.05, 3.63) is 39.8 Å². The van der Waals surface area contributed by atoms with Crippen molar-refractivity contribution in [2.45, 2.75) is 103 Å². The molecular weight excluding hydrogens is 420 g/mol. The van der Waals surface area contributed by atoms with Crippen LogP contribution in [0.4, 0.5) is 0 Å². The first-order chi connectivity index (χ1) is 15.2. The van der Waals surface area contributed by atoms with Crippen molar-refractivity contribution >= 4 is 23.2 Å². The topological polar surface area (TPSA) is 67.2 Å². The van der Waals surface area contributed by atoms with Crippen molar-refractivity contribution in [2.24, 2.45) is 0 Å². The summed E-state index contributed by atoms with van der Waals surface area (Å²) in [6.07, 6.45) is 8.09. The van der Waals surface area contributed by atoms with Crippen LogP contribution in [0, 0.1) is 0 Å². The van der Waals surface area contributed by atoms with Crippen LogP contribution in [0.3, 0.4) is 0 Å². The van der Waals surface area contributed by atoms with Gasteiger partial charge in [-0.25, -0.2) is 0 Å². The Balaban J connectivity index is 1.65. The van der Waals surface area contributed by atoms with Crippen molar-refractivity contribution in [2.75, 3.05) is 0 Å². The second kappa shape index (κ2) is 9.00. The summed E-state index contributed by atoms with van der Waals surface area (Å²) in [7, 11) is 0. The smallest absolute Gasteiger partial charge is 0.273 e. The Labute approximate surface area is 195 Å². The van der Waals surface area contributed by atoms with E-state index in [1.807, 2.05) is 30.5 Å². The standard InChI is InChI=1S/C25H36N4O2S/c1-24(2,3)21-15-20-22(30)28(16-19-13-10-14-32-19)25(4,17-29(20)27-21)23(31)26-18-11-8-6-5-7-9-12-18/h10,13-15,18H,5-9,11-12,16-17H2,1-4H3,(H,26,31)/t25-/m1/s1. The van der Waals surface area contributed by atoms with E-state index in [4.69, 9.17) is 5.10 Å². The lowest BCUT2D eigenvalue weighted by Gasteiger charge is -2.43. The summed E-state index contributed by atoms with van der Waals surface area (Å²) in [6.45, 7) is 8.98. The fraction of sp³-hybridized carbons (Fsp3) is 0.640. The Bertz CT molecular complexity index is 951. The second-order valence-corrected chi connectivity index (χ2v) is 11.6. The van der Waals surface area contributed by atoms with Gasteiger partial charge in [0.25, 0.3) is 5.91 Å². The number of fused-ring (bicyclic) bond motifs is 1. The van der Waals surface area contributed by atoms with Crippen LogP contribution in [-0.4, -0.2) is 38.1 Å². The minimum atomic E-state index is -0.988. The van der Waals surface area contributed by atoms with Crippen LogP contribution in [0.5, 0.6) is 0 Å². The number of thiophene rings is 1. The highest BCUT2D eigenvalue weighted by atomic mass is 32.1. The maximum Gasteiger partial charge on any atom is 0.273 e. The van der Waals surface area contributed by atoms with Crippen molar-refractivity contribution in [3.63, 3.8) is 0 Å². The molecule has 1 aliphatic carbocycles. The van der Waals surface area contributed by atoms with E-state index in [0.29, 0.717) is 18.8 Å². The third kappa shape index (κ3) is 4.63. The van der Waals surface area contributed by atoms with E-state index >= 15 is 0 Å². The van der Waals surface area contributed by atoms with Crippen LogP contribution in [0.15, 0.2) is 23.6 Å². The molecule has 32 heavy (non-hydrogen) atoms. The lowest BCUT2D eigenvalue weighted by molar-refractivity contribution is -0.134. The molecule has 0 radical (unpaired) electrons. The minimum Gasteiger partial charge on any atom is -0.351 e. The third-order valence-corrected chi connectivity index (χ3v) is 7.75. The van der Waals surface area contributed by atoms with Crippen LogP contribution in [0.2, 0.25) is 0 Å². The van der Waals surface area contributed by atoms with Gasteiger partial charge in [-0.15, -0.1) is 11.3 Å². The van der Waals surface area contributed by atoms with Gasteiger partial charge in [-0.2, -0.15) is 5.10 Å². The van der Waals surface area contributed by atoms with Crippen molar-refractivity contribution in [1.82, 2.24) is 20.0 Å². The number of rotatable bonds is 4. The Morgan fingerprint density at radius 2 is 1.91 bits per heavy atom. The number of carbonyl (C=O) groups is 2. The lowest BCUT2D eigenvalue weighted by Crippen LogP contribution is -2.64. The Hall–Kier alpha value is -2.15. The van der Waals surface area contributed by atoms with Crippen molar-refractivity contribution in [3.8, 4) is 0 Å². The van der Waals surface area contributed by atoms with E-state index in [2.05, 4.69) is 26.1 Å². The molecule has 1 saturated carbocycles. The van der Waals surface area contributed by atoms with E-state index in [-0.39, 0.29) is 23.3 Å². The largest absolute Gasteiger partial charge is 0.351 e. The molecule has 2 aromatic heterocycles. The average Bonchev–Trinajstić information content (AvgIpc) is 3.36. The highest BCUT2D eigenvalue weighted by Crippen LogP contribution is 2.33. The van der Waals surface area contributed by atoms with E-state index in [1.165, 1.54) is 19.3 Å². The van der Waals surface area contributed by atoms with E-state index < -0.39 is 5.54 Å². The lowest BCUT2D eigenvalue weighted by atomic mass is 9.91. The zero-order valence-corrected chi connectivity index (χ0v) is 20.6. The average molecular weight is 457 g/mol. The highest BCUT2D eigenvalue weighted by molar-refractivity contribution is 7.09. The molecule has 4 rings (SSSR count). The summed E-state index contributed by atoms with van der Waals surface area (Å²) < 4.78 is 1.76. The molecule has 0 saturated heterocycles. The minimum absolute atomic E-state index is 0.0635. The number of nitrogens with zero attached hydrogens (tertiary/aromatic N) is 3. The number of nitrogens with one attached hydrogen (secondary N) is 1. The Morgan fingerprint density at radius 1 is 1.22 bits per heavy atom. The van der Waals surface area contributed by atoms with Crippen LogP contribution in [-0.2, 0) is 23.3 Å². The van der Waals surface area contributed by atoms with Gasteiger partial charge in [0.2, 0.25) is 5.91 Å². The molecule has 0 spiro atoms. The first kappa shape index (κ1) is 23.0. The molecule has 0 aromatic carbocycles. The van der Waals surface area contributed by atoms with Gasteiger partial charge in [0, 0.05) is 16.3 Å². The predicted octanol–water partition coefficient (Wildman–Crippen LogP) is 4.89. The molecule has 174 valence electrons. The summed E-state index contributed by atoms with van der Waals surface area (Å²) >= 11 is 1.61. The molecule has 1 atom stereocenters. The first-order valence-corrected chi connectivity index (χ1v) is 12.8. The van der Waals surface area contributed by atoms with Crippen molar-refractivity contribution < 1.29 is 9.59 Å². The van der Waals surface area contributed by atoms with Crippen LogP contribution >= 0.6 is 11.3 Å². The summed E-state index contributed by atoms with van der Waals surface area (Å²) in [5.41, 5.74) is 0.294. The zero-order valence-electron chi connectivity index (χ0n) is 19.8. The molecule has 1 fully saturated rings. The second-order valence-electron chi connectivity index (χ2n) is 10.6. The van der Waals surface area contributed by atoms with Gasteiger partial charge in [-0.05, 0) is 37.3 Å².